The molecule has 0 heterocycles. The van der Waals surface area contributed by atoms with Crippen molar-refractivity contribution in [3.8, 4) is 5.75 Å². The van der Waals surface area contributed by atoms with Crippen molar-refractivity contribution in [2.75, 3.05) is 25.4 Å². The maximum Gasteiger partial charge on any atom is 0.258 e. The Kier molecular flexibility index (Phi) is 5.17. The van der Waals surface area contributed by atoms with E-state index in [0.29, 0.717) is 13.1 Å². The van der Waals surface area contributed by atoms with Crippen LogP contribution in [0.3, 0.4) is 0 Å². The summed E-state index contributed by atoms with van der Waals surface area (Å²) < 4.78 is 0. The summed E-state index contributed by atoms with van der Waals surface area (Å²) in [5.41, 5.74) is 5.79. The lowest BCUT2D eigenvalue weighted by Gasteiger charge is -2.21. The van der Waals surface area contributed by atoms with Crippen LogP contribution in [0.5, 0.6) is 5.75 Å². The van der Waals surface area contributed by atoms with Crippen LogP contribution in [-0.2, 0) is 4.79 Å². The van der Waals surface area contributed by atoms with Gasteiger partial charge in [-0.25, -0.2) is 0 Å². The fraction of sp³-hybridized carbons (Fsp3) is 0.385. The van der Waals surface area contributed by atoms with Crippen molar-refractivity contribution < 1.29 is 14.7 Å². The molecule has 104 valence electrons. The molecule has 0 aliphatic carbocycles. The Morgan fingerprint density at radius 1 is 1.37 bits per heavy atom. The van der Waals surface area contributed by atoms with Crippen LogP contribution in [0, 0.1) is 0 Å². The molecule has 0 unspecified atom stereocenters. The molecule has 0 saturated heterocycles. The highest BCUT2D eigenvalue weighted by atomic mass is 16.3. The molecule has 0 bridgehead atoms. The number of nitrogens with one attached hydrogen (secondary N) is 1. The van der Waals surface area contributed by atoms with Gasteiger partial charge in [0.15, 0.2) is 5.75 Å². The normalized spacial score (nSPS) is 10.0. The molecule has 2 amide bonds. The maximum absolute atomic E-state index is 12.2. The van der Waals surface area contributed by atoms with Gasteiger partial charge in [0.05, 0.1) is 17.8 Å². The number of carbonyl (C=O) groups is 2. The van der Waals surface area contributed by atoms with Gasteiger partial charge in [-0.05, 0) is 26.0 Å². The lowest BCUT2D eigenvalue weighted by Crippen LogP contribution is -2.40. The number of hydrogen-bond donors (Lipinski definition) is 3. The van der Waals surface area contributed by atoms with Crippen LogP contribution in [0.15, 0.2) is 18.2 Å². The molecule has 0 aromatic heterocycles. The summed E-state index contributed by atoms with van der Waals surface area (Å²) in [5, 5.41) is 12.4. The van der Waals surface area contributed by atoms with Gasteiger partial charge in [-0.15, -0.1) is 0 Å². The molecule has 0 aliphatic rings. The molecule has 4 N–H and O–H groups in total. The SMILES string of the molecule is CCNC(=O)CN(CC)C(=O)c1cccc(N)c1O. The van der Waals surface area contributed by atoms with E-state index in [1.807, 2.05) is 0 Å². The highest BCUT2D eigenvalue weighted by Gasteiger charge is 2.20. The lowest BCUT2D eigenvalue weighted by molar-refractivity contribution is -0.121. The first kappa shape index (κ1) is 14.8. The van der Waals surface area contributed by atoms with Crippen LogP contribution in [0.1, 0.15) is 24.2 Å². The number of likely N-dealkylation sites (N-methyl/N-ethyl adjacent to an activating group) is 2. The number of phenolic OH excluding ortho intramolecular Hbond substituents is 1. The molecule has 19 heavy (non-hydrogen) atoms. The molecule has 1 rings (SSSR count). The van der Waals surface area contributed by atoms with Crippen molar-refractivity contribution in [1.82, 2.24) is 10.2 Å². The minimum Gasteiger partial charge on any atom is -0.505 e. The Morgan fingerprint density at radius 2 is 2.05 bits per heavy atom. The summed E-state index contributed by atoms with van der Waals surface area (Å²) >= 11 is 0. The van der Waals surface area contributed by atoms with E-state index in [0.717, 1.165) is 0 Å². The predicted molar refractivity (Wildman–Crippen MR) is 72.8 cm³/mol. The molecular formula is C13H19N3O3. The van der Waals surface area contributed by atoms with Crippen molar-refractivity contribution in [2.24, 2.45) is 0 Å². The minimum atomic E-state index is -0.418. The van der Waals surface area contributed by atoms with Crippen LogP contribution in [0.4, 0.5) is 5.69 Å². The summed E-state index contributed by atoms with van der Waals surface area (Å²) in [7, 11) is 0. The third-order valence-corrected chi connectivity index (χ3v) is 2.67. The highest BCUT2D eigenvalue weighted by Crippen LogP contribution is 2.25. The van der Waals surface area contributed by atoms with Gasteiger partial charge >= 0.3 is 0 Å². The molecule has 1 aromatic rings. The van der Waals surface area contributed by atoms with Crippen LogP contribution < -0.4 is 11.1 Å². The number of phenols is 1. The van der Waals surface area contributed by atoms with E-state index in [1.54, 1.807) is 19.9 Å². The van der Waals surface area contributed by atoms with E-state index in [9.17, 15) is 14.7 Å². The molecule has 0 fully saturated rings. The van der Waals surface area contributed by atoms with Crippen LogP contribution >= 0.6 is 0 Å². The Labute approximate surface area is 112 Å². The molecule has 1 aromatic carbocycles. The number of para-hydroxylation sites is 1. The van der Waals surface area contributed by atoms with Crippen molar-refractivity contribution in [1.29, 1.82) is 0 Å². The van der Waals surface area contributed by atoms with Crippen molar-refractivity contribution in [3.63, 3.8) is 0 Å². The van der Waals surface area contributed by atoms with Gasteiger partial charge in [0.1, 0.15) is 0 Å². The first-order valence-electron chi connectivity index (χ1n) is 6.14. The van der Waals surface area contributed by atoms with Crippen LogP contribution in [0.25, 0.3) is 0 Å². The lowest BCUT2D eigenvalue weighted by atomic mass is 10.1. The van der Waals surface area contributed by atoms with E-state index >= 15 is 0 Å². The highest BCUT2D eigenvalue weighted by molar-refractivity contribution is 6.00. The Balaban J connectivity index is 2.89. The number of rotatable bonds is 5. The second kappa shape index (κ2) is 6.63. The fourth-order valence-electron chi connectivity index (χ4n) is 1.66. The third-order valence-electron chi connectivity index (χ3n) is 2.67. The van der Waals surface area contributed by atoms with Gasteiger partial charge < -0.3 is 21.1 Å². The zero-order valence-corrected chi connectivity index (χ0v) is 11.1. The predicted octanol–water partition coefficient (Wildman–Crippen LogP) is 0.573. The molecule has 6 heteroatoms. The number of aromatic hydroxyl groups is 1. The van der Waals surface area contributed by atoms with Gasteiger partial charge in [0.25, 0.3) is 5.91 Å². The molecule has 0 radical (unpaired) electrons. The van der Waals surface area contributed by atoms with Gasteiger partial charge in [0.2, 0.25) is 5.91 Å². The summed E-state index contributed by atoms with van der Waals surface area (Å²) in [4.78, 5) is 25.1. The molecule has 0 aliphatic heterocycles. The number of hydrogen-bond acceptors (Lipinski definition) is 4. The standard InChI is InChI=1S/C13H19N3O3/c1-3-15-11(17)8-16(4-2)13(19)9-6-5-7-10(14)12(9)18/h5-7,18H,3-4,8,14H2,1-2H3,(H,15,17). The summed E-state index contributed by atoms with van der Waals surface area (Å²) in [5.74, 6) is -0.901. The third kappa shape index (κ3) is 3.61. The molecule has 6 nitrogen and oxygen atoms in total. The molecular weight excluding hydrogens is 246 g/mol. The van der Waals surface area contributed by atoms with E-state index in [4.69, 9.17) is 5.73 Å². The fourth-order valence-corrected chi connectivity index (χ4v) is 1.66. The van der Waals surface area contributed by atoms with Gasteiger partial charge in [0, 0.05) is 13.1 Å². The van der Waals surface area contributed by atoms with E-state index < -0.39 is 5.91 Å². The number of carbonyl (C=O) groups excluding carboxylic acids is 2. The quantitative estimate of drug-likeness (QED) is 0.536. The summed E-state index contributed by atoms with van der Waals surface area (Å²) in [6.45, 7) is 4.40. The number of benzene rings is 1. The zero-order valence-electron chi connectivity index (χ0n) is 11.1. The number of nitrogens with zero attached hydrogens (tertiary/aromatic N) is 1. The number of nitrogens with two attached hydrogens (primary N) is 1. The summed E-state index contributed by atoms with van der Waals surface area (Å²) in [6, 6.07) is 4.57. The van der Waals surface area contributed by atoms with Crippen molar-refractivity contribution in [2.45, 2.75) is 13.8 Å². The summed E-state index contributed by atoms with van der Waals surface area (Å²) in [6.07, 6.45) is 0. The topological polar surface area (TPSA) is 95.7 Å². The first-order chi connectivity index (χ1) is 9.01. The Bertz CT molecular complexity index is 474. The molecule has 0 atom stereocenters. The van der Waals surface area contributed by atoms with Gasteiger partial charge in [-0.3, -0.25) is 9.59 Å². The number of nitrogen functional groups attached to an aromatic ring is 1. The smallest absolute Gasteiger partial charge is 0.258 e. The van der Waals surface area contributed by atoms with E-state index in [1.165, 1.54) is 17.0 Å². The zero-order chi connectivity index (χ0) is 14.4. The van der Waals surface area contributed by atoms with Crippen molar-refractivity contribution in [3.05, 3.63) is 23.8 Å². The molecule has 0 spiro atoms. The second-order valence-electron chi connectivity index (χ2n) is 4.02. The monoisotopic (exact) mass is 265 g/mol. The first-order valence-corrected chi connectivity index (χ1v) is 6.14. The average Bonchev–Trinajstić information content (AvgIpc) is 2.39. The van der Waals surface area contributed by atoms with Crippen LogP contribution in [0.2, 0.25) is 0 Å². The Morgan fingerprint density at radius 3 is 2.63 bits per heavy atom. The number of amides is 2. The van der Waals surface area contributed by atoms with E-state index in [-0.39, 0.29) is 29.5 Å². The van der Waals surface area contributed by atoms with E-state index in [2.05, 4.69) is 5.32 Å². The second-order valence-corrected chi connectivity index (χ2v) is 4.02. The average molecular weight is 265 g/mol. The van der Waals surface area contributed by atoms with Gasteiger partial charge in [-0.1, -0.05) is 6.07 Å². The van der Waals surface area contributed by atoms with Crippen LogP contribution in [-0.4, -0.2) is 41.5 Å². The number of anilines is 1. The Hall–Kier alpha value is -2.24. The van der Waals surface area contributed by atoms with Crippen molar-refractivity contribution >= 4 is 17.5 Å². The van der Waals surface area contributed by atoms with Gasteiger partial charge in [-0.2, -0.15) is 0 Å². The largest absolute Gasteiger partial charge is 0.505 e. The molecule has 0 saturated carbocycles. The minimum absolute atomic E-state index is 0.0442. The maximum atomic E-state index is 12.2.